The van der Waals surface area contributed by atoms with E-state index in [1.807, 2.05) is 19.1 Å². The maximum Gasteiger partial charge on any atom is 0.224 e. The molecule has 0 aliphatic heterocycles. The number of amides is 1. The standard InChI is InChI=1S/C16H23BrN2O/c1-11-8-13(17)16(14(18)9-11)19-15(20)10-12-6-4-2-3-5-7-12/h8-9,12H,2-7,10,18H2,1H3,(H,19,20). The second kappa shape index (κ2) is 7.11. The second-order valence-electron chi connectivity index (χ2n) is 5.82. The van der Waals surface area contributed by atoms with Crippen LogP contribution in [0.5, 0.6) is 0 Å². The molecule has 110 valence electrons. The molecule has 20 heavy (non-hydrogen) atoms. The number of aryl methyl sites for hydroxylation is 1. The van der Waals surface area contributed by atoms with Crippen molar-refractivity contribution in [2.75, 3.05) is 11.1 Å². The van der Waals surface area contributed by atoms with Crippen LogP contribution >= 0.6 is 15.9 Å². The van der Waals surface area contributed by atoms with Gasteiger partial charge in [0.05, 0.1) is 11.4 Å². The Labute approximate surface area is 129 Å². The first-order chi connectivity index (χ1) is 9.56. The predicted molar refractivity (Wildman–Crippen MR) is 87.7 cm³/mol. The van der Waals surface area contributed by atoms with Crippen molar-refractivity contribution in [1.82, 2.24) is 0 Å². The Hall–Kier alpha value is -1.03. The lowest BCUT2D eigenvalue weighted by atomic mass is 9.96. The molecule has 1 aliphatic carbocycles. The molecule has 2 rings (SSSR count). The van der Waals surface area contributed by atoms with E-state index in [-0.39, 0.29) is 5.91 Å². The Morgan fingerprint density at radius 2 is 1.95 bits per heavy atom. The van der Waals surface area contributed by atoms with E-state index in [1.165, 1.54) is 38.5 Å². The summed E-state index contributed by atoms with van der Waals surface area (Å²) in [7, 11) is 0. The number of hydrogen-bond acceptors (Lipinski definition) is 2. The largest absolute Gasteiger partial charge is 0.397 e. The van der Waals surface area contributed by atoms with Crippen LogP contribution in [0.2, 0.25) is 0 Å². The van der Waals surface area contributed by atoms with Gasteiger partial charge in [0.15, 0.2) is 0 Å². The molecule has 1 aromatic rings. The van der Waals surface area contributed by atoms with Gasteiger partial charge >= 0.3 is 0 Å². The number of carbonyl (C=O) groups excluding carboxylic acids is 1. The highest BCUT2D eigenvalue weighted by Crippen LogP contribution is 2.31. The van der Waals surface area contributed by atoms with E-state index in [1.54, 1.807) is 0 Å². The molecule has 1 saturated carbocycles. The third kappa shape index (κ3) is 4.23. The molecular formula is C16H23BrN2O. The minimum atomic E-state index is 0.0770. The molecule has 0 spiro atoms. The highest BCUT2D eigenvalue weighted by atomic mass is 79.9. The summed E-state index contributed by atoms with van der Waals surface area (Å²) < 4.78 is 0.851. The third-order valence-electron chi connectivity index (χ3n) is 3.98. The Morgan fingerprint density at radius 1 is 1.30 bits per heavy atom. The average Bonchev–Trinajstić information content (AvgIpc) is 2.62. The van der Waals surface area contributed by atoms with Crippen molar-refractivity contribution in [2.45, 2.75) is 51.9 Å². The topological polar surface area (TPSA) is 55.1 Å². The maximum atomic E-state index is 12.2. The van der Waals surface area contributed by atoms with Crippen LogP contribution in [0.4, 0.5) is 11.4 Å². The number of hydrogen-bond donors (Lipinski definition) is 2. The van der Waals surface area contributed by atoms with Crippen molar-refractivity contribution < 1.29 is 4.79 Å². The minimum Gasteiger partial charge on any atom is -0.397 e. The third-order valence-corrected chi connectivity index (χ3v) is 4.60. The van der Waals surface area contributed by atoms with Crippen LogP contribution in [0, 0.1) is 12.8 Å². The van der Waals surface area contributed by atoms with Crippen molar-refractivity contribution in [3.8, 4) is 0 Å². The van der Waals surface area contributed by atoms with E-state index in [0.29, 0.717) is 23.7 Å². The predicted octanol–water partition coefficient (Wildman–Crippen LogP) is 4.64. The smallest absolute Gasteiger partial charge is 0.224 e. The molecule has 1 aromatic carbocycles. The van der Waals surface area contributed by atoms with Crippen molar-refractivity contribution in [1.29, 1.82) is 0 Å². The first-order valence-electron chi connectivity index (χ1n) is 7.41. The molecule has 3 N–H and O–H groups in total. The molecule has 0 atom stereocenters. The molecular weight excluding hydrogens is 316 g/mol. The molecule has 4 heteroatoms. The number of anilines is 2. The van der Waals surface area contributed by atoms with Gasteiger partial charge in [-0.05, 0) is 59.3 Å². The van der Waals surface area contributed by atoms with Crippen LogP contribution in [0.15, 0.2) is 16.6 Å². The second-order valence-corrected chi connectivity index (χ2v) is 6.68. The first-order valence-corrected chi connectivity index (χ1v) is 8.21. The summed E-state index contributed by atoms with van der Waals surface area (Å²) in [5.41, 5.74) is 8.38. The van der Waals surface area contributed by atoms with E-state index < -0.39 is 0 Å². The maximum absolute atomic E-state index is 12.2. The lowest BCUT2D eigenvalue weighted by molar-refractivity contribution is -0.117. The Balaban J connectivity index is 1.97. The van der Waals surface area contributed by atoms with Crippen molar-refractivity contribution in [3.63, 3.8) is 0 Å². The number of rotatable bonds is 3. The summed E-state index contributed by atoms with van der Waals surface area (Å²) in [6.07, 6.45) is 8.11. The van der Waals surface area contributed by atoms with Gasteiger partial charge in [0.1, 0.15) is 0 Å². The zero-order chi connectivity index (χ0) is 14.5. The monoisotopic (exact) mass is 338 g/mol. The molecule has 3 nitrogen and oxygen atoms in total. The summed E-state index contributed by atoms with van der Waals surface area (Å²) in [6, 6.07) is 3.85. The molecule has 1 fully saturated rings. The van der Waals surface area contributed by atoms with Crippen molar-refractivity contribution >= 4 is 33.2 Å². The van der Waals surface area contributed by atoms with Crippen LogP contribution in [0.3, 0.4) is 0 Å². The highest BCUT2D eigenvalue weighted by molar-refractivity contribution is 9.10. The molecule has 0 aromatic heterocycles. The van der Waals surface area contributed by atoms with Gasteiger partial charge in [0.25, 0.3) is 0 Å². The molecule has 0 saturated heterocycles. The van der Waals surface area contributed by atoms with Gasteiger partial charge < -0.3 is 11.1 Å². The zero-order valence-corrected chi connectivity index (χ0v) is 13.6. The average molecular weight is 339 g/mol. The van der Waals surface area contributed by atoms with Gasteiger partial charge in [-0.25, -0.2) is 0 Å². The molecule has 1 amide bonds. The van der Waals surface area contributed by atoms with E-state index in [9.17, 15) is 4.79 Å². The van der Waals surface area contributed by atoms with E-state index in [2.05, 4.69) is 21.2 Å². The van der Waals surface area contributed by atoms with Crippen LogP contribution in [0.25, 0.3) is 0 Å². The van der Waals surface area contributed by atoms with Gasteiger partial charge in [0, 0.05) is 10.9 Å². The number of nitrogens with two attached hydrogens (primary N) is 1. The van der Waals surface area contributed by atoms with Gasteiger partial charge in [-0.15, -0.1) is 0 Å². The molecule has 0 bridgehead atoms. The van der Waals surface area contributed by atoms with Crippen LogP contribution in [0.1, 0.15) is 50.5 Å². The fourth-order valence-electron chi connectivity index (χ4n) is 2.92. The van der Waals surface area contributed by atoms with Gasteiger partial charge in [-0.2, -0.15) is 0 Å². The van der Waals surface area contributed by atoms with Gasteiger partial charge in [-0.1, -0.05) is 25.7 Å². The fraction of sp³-hybridized carbons (Fsp3) is 0.562. The van der Waals surface area contributed by atoms with Gasteiger partial charge in [0.2, 0.25) is 5.91 Å². The fourth-order valence-corrected chi connectivity index (χ4v) is 3.61. The van der Waals surface area contributed by atoms with Crippen molar-refractivity contribution in [3.05, 3.63) is 22.2 Å². The summed E-state index contributed by atoms with van der Waals surface area (Å²) in [6.45, 7) is 1.98. The summed E-state index contributed by atoms with van der Waals surface area (Å²) in [5.74, 6) is 0.608. The Kier molecular flexibility index (Phi) is 5.46. The van der Waals surface area contributed by atoms with E-state index in [4.69, 9.17) is 5.73 Å². The Morgan fingerprint density at radius 3 is 2.55 bits per heavy atom. The summed E-state index contributed by atoms with van der Waals surface area (Å²) in [4.78, 5) is 12.2. The zero-order valence-electron chi connectivity index (χ0n) is 12.0. The lowest BCUT2D eigenvalue weighted by Crippen LogP contribution is -2.17. The number of nitrogen functional groups attached to an aromatic ring is 1. The normalized spacial score (nSPS) is 16.7. The van der Waals surface area contributed by atoms with Crippen LogP contribution in [-0.2, 0) is 4.79 Å². The SMILES string of the molecule is Cc1cc(N)c(NC(=O)CC2CCCCCC2)c(Br)c1. The highest BCUT2D eigenvalue weighted by Gasteiger charge is 2.17. The Bertz CT molecular complexity index is 456. The number of benzene rings is 1. The number of halogens is 1. The summed E-state index contributed by atoms with van der Waals surface area (Å²) >= 11 is 3.47. The van der Waals surface area contributed by atoms with Crippen LogP contribution < -0.4 is 11.1 Å². The van der Waals surface area contributed by atoms with E-state index >= 15 is 0 Å². The molecule has 0 unspecified atom stereocenters. The molecule has 0 heterocycles. The first kappa shape index (κ1) is 15.4. The van der Waals surface area contributed by atoms with Crippen molar-refractivity contribution in [2.24, 2.45) is 5.92 Å². The summed E-state index contributed by atoms with van der Waals surface area (Å²) in [5, 5.41) is 2.96. The van der Waals surface area contributed by atoms with Crippen LogP contribution in [-0.4, -0.2) is 5.91 Å². The molecule has 1 aliphatic rings. The minimum absolute atomic E-state index is 0.0770. The number of carbonyl (C=O) groups is 1. The quantitative estimate of drug-likeness (QED) is 0.623. The number of nitrogens with one attached hydrogen (secondary N) is 1. The lowest BCUT2D eigenvalue weighted by Gasteiger charge is -2.15. The van der Waals surface area contributed by atoms with Gasteiger partial charge in [-0.3, -0.25) is 4.79 Å². The molecule has 0 radical (unpaired) electrons. The van der Waals surface area contributed by atoms with E-state index in [0.717, 1.165) is 10.0 Å².